The van der Waals surface area contributed by atoms with Crippen LogP contribution in [0.2, 0.25) is 0 Å². The Labute approximate surface area is 209 Å². The minimum absolute atomic E-state index is 0.00716. The third-order valence-electron chi connectivity index (χ3n) is 8.18. The number of hydrogen-bond acceptors (Lipinski definition) is 8. The monoisotopic (exact) mass is 491 g/mol. The van der Waals surface area contributed by atoms with Crippen LogP contribution in [0.25, 0.3) is 0 Å². The van der Waals surface area contributed by atoms with E-state index in [1.165, 1.54) is 36.7 Å². The van der Waals surface area contributed by atoms with Crippen LogP contribution in [0.15, 0.2) is 36.4 Å². The van der Waals surface area contributed by atoms with E-state index in [0.717, 1.165) is 24.7 Å². The zero-order valence-electron chi connectivity index (χ0n) is 20.4. The Hall–Kier alpha value is -3.23. The highest BCUT2D eigenvalue weighted by Gasteiger charge is 2.45. The van der Waals surface area contributed by atoms with Gasteiger partial charge in [0, 0.05) is 49.4 Å². The molecule has 5 unspecified atom stereocenters. The molecule has 4 fully saturated rings. The van der Waals surface area contributed by atoms with Crippen LogP contribution < -0.4 is 30.9 Å². The number of amides is 1. The Balaban J connectivity index is 1.27. The molecule has 0 aromatic heterocycles. The molecule has 4 saturated heterocycles. The fraction of sp³-hybridized carbons (Fsp3) is 0.462. The first kappa shape index (κ1) is 23.2. The smallest absolute Gasteiger partial charge is 0.243 e. The summed E-state index contributed by atoms with van der Waals surface area (Å²) in [6, 6.07) is 13.7. The third kappa shape index (κ3) is 3.79. The number of rotatable bonds is 4. The maximum Gasteiger partial charge on any atom is 0.243 e. The summed E-state index contributed by atoms with van der Waals surface area (Å²) >= 11 is 0. The molecular weight excluding hydrogens is 461 g/mol. The number of nitrogens with zero attached hydrogens (tertiary/aromatic N) is 4. The van der Waals surface area contributed by atoms with Crippen LogP contribution in [0.3, 0.4) is 0 Å². The van der Waals surface area contributed by atoms with Gasteiger partial charge in [-0.1, -0.05) is 12.1 Å². The van der Waals surface area contributed by atoms with E-state index in [-0.39, 0.29) is 47.5 Å². The first-order valence-electron chi connectivity index (χ1n) is 12.4. The topological polar surface area (TPSA) is 95.9 Å². The predicted octanol–water partition coefficient (Wildman–Crippen LogP) is 1.82. The molecule has 0 saturated carbocycles. The lowest BCUT2D eigenvalue weighted by atomic mass is 9.93. The van der Waals surface area contributed by atoms with Crippen molar-refractivity contribution < 1.29 is 13.9 Å². The van der Waals surface area contributed by atoms with E-state index in [1.807, 2.05) is 6.07 Å². The maximum atomic E-state index is 15.1. The van der Waals surface area contributed by atoms with Gasteiger partial charge in [0.25, 0.3) is 0 Å². The molecule has 4 heterocycles. The molecular formula is C26H30FN7O2. The van der Waals surface area contributed by atoms with Crippen molar-refractivity contribution in [2.24, 2.45) is 0 Å². The Bertz CT molecular complexity index is 1220. The van der Waals surface area contributed by atoms with Gasteiger partial charge in [0.15, 0.2) is 5.82 Å². The molecule has 4 aliphatic rings. The van der Waals surface area contributed by atoms with Crippen LogP contribution in [0, 0.1) is 17.1 Å². The van der Waals surface area contributed by atoms with Crippen molar-refractivity contribution >= 4 is 17.3 Å². The number of carbonyl (C=O) groups excluding carboxylic acids is 1. The summed E-state index contributed by atoms with van der Waals surface area (Å²) in [6.45, 7) is 2.05. The third-order valence-corrected chi connectivity index (χ3v) is 8.18. The zero-order chi connectivity index (χ0) is 25.0. The van der Waals surface area contributed by atoms with E-state index in [9.17, 15) is 10.1 Å². The lowest BCUT2D eigenvalue weighted by molar-refractivity contribution is -0.121. The van der Waals surface area contributed by atoms with E-state index in [4.69, 9.17) is 4.74 Å². The molecule has 2 bridgehead atoms. The van der Waals surface area contributed by atoms with Crippen LogP contribution in [0.1, 0.15) is 36.4 Å². The average molecular weight is 492 g/mol. The van der Waals surface area contributed by atoms with E-state index >= 15 is 4.39 Å². The van der Waals surface area contributed by atoms with Gasteiger partial charge in [-0.15, -0.1) is 0 Å². The second-order valence-corrected chi connectivity index (χ2v) is 10.1. The van der Waals surface area contributed by atoms with Crippen LogP contribution in [0.5, 0.6) is 5.75 Å². The van der Waals surface area contributed by atoms with Crippen molar-refractivity contribution in [1.29, 1.82) is 5.26 Å². The highest BCUT2D eigenvalue weighted by molar-refractivity contribution is 5.95. The number of piperazine rings is 1. The van der Waals surface area contributed by atoms with Gasteiger partial charge in [0.05, 0.1) is 30.8 Å². The largest absolute Gasteiger partial charge is 0.494 e. The van der Waals surface area contributed by atoms with Crippen molar-refractivity contribution in [3.8, 4) is 11.8 Å². The van der Waals surface area contributed by atoms with Gasteiger partial charge >= 0.3 is 0 Å². The number of methoxy groups -OCH3 is 1. The minimum atomic E-state index is -0.688. The van der Waals surface area contributed by atoms with Crippen LogP contribution in [-0.2, 0) is 4.79 Å². The number of halogens is 1. The minimum Gasteiger partial charge on any atom is -0.494 e. The average Bonchev–Trinajstić information content (AvgIpc) is 3.36. The number of likely N-dealkylation sites (N-methyl/N-ethyl adjacent to an activating group) is 1. The molecule has 5 atom stereocenters. The molecule has 2 aromatic rings. The number of benzene rings is 2. The molecule has 188 valence electrons. The lowest BCUT2D eigenvalue weighted by Gasteiger charge is -2.40. The second-order valence-electron chi connectivity index (χ2n) is 10.1. The standard InChI is InChI=1S/C26H30FN7O2/c1-32-18-6-7-19(32)14-33(13-18)17-5-3-4-16(10-17)24-25-21(29-30-24)11-23(35)34(31-25)26-20(27)8-15(12-28)9-22(26)36-2/h3-5,8-10,18-19,21,24-25,29-31H,6-7,11,13-14H2,1-2H3. The fourth-order valence-corrected chi connectivity index (χ4v) is 6.18. The number of ether oxygens (including phenoxy) is 1. The number of hydrogen-bond donors (Lipinski definition) is 3. The van der Waals surface area contributed by atoms with Crippen LogP contribution in [-0.4, -0.2) is 62.2 Å². The predicted molar refractivity (Wildman–Crippen MR) is 133 cm³/mol. The number of carbonyl (C=O) groups is 1. The molecule has 6 rings (SSSR count). The Kier molecular flexibility index (Phi) is 5.80. The van der Waals surface area contributed by atoms with Crippen LogP contribution in [0.4, 0.5) is 15.8 Å². The van der Waals surface area contributed by atoms with Crippen LogP contribution >= 0.6 is 0 Å². The number of nitrogens with one attached hydrogen (secondary N) is 3. The Morgan fingerprint density at radius 3 is 2.64 bits per heavy atom. The highest BCUT2D eigenvalue weighted by Crippen LogP contribution is 2.37. The molecule has 0 spiro atoms. The summed E-state index contributed by atoms with van der Waals surface area (Å²) in [5.41, 5.74) is 12.3. The van der Waals surface area contributed by atoms with Crippen molar-refractivity contribution in [3.63, 3.8) is 0 Å². The van der Waals surface area contributed by atoms with E-state index in [1.54, 1.807) is 0 Å². The molecule has 0 aliphatic carbocycles. The van der Waals surface area contributed by atoms with Gasteiger partial charge < -0.3 is 9.64 Å². The van der Waals surface area contributed by atoms with Crippen molar-refractivity contribution in [1.82, 2.24) is 21.2 Å². The van der Waals surface area contributed by atoms with E-state index in [0.29, 0.717) is 12.1 Å². The molecule has 2 aromatic carbocycles. The maximum absolute atomic E-state index is 15.1. The molecule has 0 radical (unpaired) electrons. The SMILES string of the molecule is COc1cc(C#N)cc(F)c1N1NC2C(CC1=O)NNC2c1cccc(N2CC3CCC(C2)N3C)c1. The molecule has 9 nitrogen and oxygen atoms in total. The molecule has 10 heteroatoms. The summed E-state index contributed by atoms with van der Waals surface area (Å²) in [5.74, 6) is -0.838. The van der Waals surface area contributed by atoms with Gasteiger partial charge in [0.2, 0.25) is 5.91 Å². The number of fused-ring (bicyclic) bond motifs is 3. The summed E-state index contributed by atoms with van der Waals surface area (Å²) < 4.78 is 20.4. The van der Waals surface area contributed by atoms with Gasteiger partial charge in [-0.05, 0) is 43.7 Å². The first-order chi connectivity index (χ1) is 17.5. The number of anilines is 2. The van der Waals surface area contributed by atoms with E-state index in [2.05, 4.69) is 57.4 Å². The quantitative estimate of drug-likeness (QED) is 0.596. The Morgan fingerprint density at radius 2 is 1.92 bits per heavy atom. The fourth-order valence-electron chi connectivity index (χ4n) is 6.18. The van der Waals surface area contributed by atoms with Gasteiger partial charge in [-0.3, -0.25) is 15.1 Å². The van der Waals surface area contributed by atoms with Gasteiger partial charge in [-0.2, -0.15) is 5.26 Å². The molecule has 4 aliphatic heterocycles. The Morgan fingerprint density at radius 1 is 1.14 bits per heavy atom. The number of hydrazine groups is 2. The summed E-state index contributed by atoms with van der Waals surface area (Å²) in [5, 5.41) is 10.4. The molecule has 1 amide bonds. The van der Waals surface area contributed by atoms with Gasteiger partial charge in [0.1, 0.15) is 11.4 Å². The lowest BCUT2D eigenvalue weighted by Crippen LogP contribution is -2.60. The molecule has 3 N–H and O–H groups in total. The summed E-state index contributed by atoms with van der Waals surface area (Å²) in [4.78, 5) is 18.0. The normalized spacial score (nSPS) is 29.8. The first-order valence-corrected chi connectivity index (χ1v) is 12.4. The second kappa shape index (κ2) is 9.01. The molecule has 36 heavy (non-hydrogen) atoms. The van der Waals surface area contributed by atoms with Crippen molar-refractivity contribution in [2.45, 2.75) is 49.5 Å². The highest BCUT2D eigenvalue weighted by atomic mass is 19.1. The van der Waals surface area contributed by atoms with Crippen molar-refractivity contribution in [3.05, 3.63) is 53.3 Å². The number of nitriles is 1. The summed E-state index contributed by atoms with van der Waals surface area (Å²) in [6.07, 6.45) is 2.68. The van der Waals surface area contributed by atoms with Crippen molar-refractivity contribution in [2.75, 3.05) is 37.2 Å². The van der Waals surface area contributed by atoms with E-state index < -0.39 is 5.82 Å². The summed E-state index contributed by atoms with van der Waals surface area (Å²) in [7, 11) is 3.63. The van der Waals surface area contributed by atoms with Gasteiger partial charge in [-0.25, -0.2) is 20.3 Å². The zero-order valence-corrected chi connectivity index (χ0v) is 20.4.